The normalized spacial score (nSPS) is 20.4. The molecule has 5 rings (SSSR count). The molecule has 8 heteroatoms. The highest BCUT2D eigenvalue weighted by Crippen LogP contribution is 2.44. The molecule has 190 valence electrons. The summed E-state index contributed by atoms with van der Waals surface area (Å²) in [5.74, 6) is 0.696. The van der Waals surface area contributed by atoms with Crippen molar-refractivity contribution in [2.75, 3.05) is 56.0 Å². The van der Waals surface area contributed by atoms with Gasteiger partial charge in [-0.1, -0.05) is 0 Å². The summed E-state index contributed by atoms with van der Waals surface area (Å²) in [5, 5.41) is 13.1. The van der Waals surface area contributed by atoms with E-state index >= 15 is 0 Å². The molecule has 1 atom stereocenters. The first kappa shape index (κ1) is 24.3. The van der Waals surface area contributed by atoms with Crippen molar-refractivity contribution < 1.29 is 19.5 Å². The van der Waals surface area contributed by atoms with E-state index in [4.69, 9.17) is 0 Å². The van der Waals surface area contributed by atoms with Crippen LogP contribution >= 0.6 is 0 Å². The highest BCUT2D eigenvalue weighted by Gasteiger charge is 2.32. The first-order valence-electron chi connectivity index (χ1n) is 12.9. The predicted octanol–water partition coefficient (Wildman–Crippen LogP) is 3.08. The fourth-order valence-electron chi connectivity index (χ4n) is 5.20. The number of hydrogen-bond donors (Lipinski definition) is 2. The van der Waals surface area contributed by atoms with Gasteiger partial charge in [-0.05, 0) is 86.7 Å². The zero-order valence-electron chi connectivity index (χ0n) is 20.8. The number of anilines is 2. The summed E-state index contributed by atoms with van der Waals surface area (Å²) in [7, 11) is 0. The van der Waals surface area contributed by atoms with Gasteiger partial charge < -0.3 is 20.2 Å². The number of phenolic OH excluding ortho intramolecular Hbond substituents is 1. The van der Waals surface area contributed by atoms with Gasteiger partial charge in [0.15, 0.2) is 5.78 Å². The molecule has 2 aromatic carbocycles. The number of aromatic hydroxyl groups is 1. The van der Waals surface area contributed by atoms with E-state index in [-0.39, 0.29) is 23.5 Å². The van der Waals surface area contributed by atoms with E-state index in [9.17, 15) is 19.5 Å². The summed E-state index contributed by atoms with van der Waals surface area (Å²) in [6, 6.07) is 12.9. The number of carbonyl (C=O) groups is 3. The third kappa shape index (κ3) is 5.54. The standard InChI is InChI=1S/C28H34N4O4/c1-19(33)20-4-7-24(8-5-20)31-12-14-32(15-13-31)27(35)18-30-11-10-22(17-30)28(36)29-23-6-9-26(34)25(16-23)21-2-3-21/h4-9,16,21-22,34H,2-3,10-15,17-18H2,1H3,(H,29,36)/t22-/m1/s1. The monoisotopic (exact) mass is 490 g/mol. The van der Waals surface area contributed by atoms with Crippen LogP contribution in [0.1, 0.15) is 48.0 Å². The van der Waals surface area contributed by atoms with Crippen LogP contribution in [0.3, 0.4) is 0 Å². The van der Waals surface area contributed by atoms with E-state index in [2.05, 4.69) is 15.1 Å². The van der Waals surface area contributed by atoms with E-state index in [1.54, 1.807) is 19.1 Å². The number of ketones is 1. The highest BCUT2D eigenvalue weighted by molar-refractivity contribution is 5.94. The summed E-state index contributed by atoms with van der Waals surface area (Å²) in [6.45, 7) is 6.04. The van der Waals surface area contributed by atoms with Gasteiger partial charge >= 0.3 is 0 Å². The van der Waals surface area contributed by atoms with Crippen molar-refractivity contribution in [3.05, 3.63) is 53.6 Å². The minimum atomic E-state index is -0.147. The molecule has 0 unspecified atom stereocenters. The number of nitrogens with one attached hydrogen (secondary N) is 1. The molecule has 2 N–H and O–H groups in total. The number of benzene rings is 2. The molecule has 2 amide bonds. The first-order chi connectivity index (χ1) is 17.4. The molecule has 0 spiro atoms. The van der Waals surface area contributed by atoms with E-state index in [0.717, 1.165) is 55.8 Å². The van der Waals surface area contributed by atoms with Crippen molar-refractivity contribution in [2.45, 2.75) is 32.1 Å². The number of likely N-dealkylation sites (tertiary alicyclic amines) is 1. The third-order valence-corrected chi connectivity index (χ3v) is 7.59. The van der Waals surface area contributed by atoms with Gasteiger partial charge in [-0.25, -0.2) is 0 Å². The van der Waals surface area contributed by atoms with Crippen LogP contribution in [0.25, 0.3) is 0 Å². The Balaban J connectivity index is 1.07. The van der Waals surface area contributed by atoms with Crippen LogP contribution in [-0.2, 0) is 9.59 Å². The Labute approximate surface area is 211 Å². The second-order valence-electron chi connectivity index (χ2n) is 10.2. The number of phenols is 1. The smallest absolute Gasteiger partial charge is 0.236 e. The molecule has 1 aliphatic carbocycles. The number of amides is 2. The molecule has 36 heavy (non-hydrogen) atoms. The Morgan fingerprint density at radius 3 is 2.33 bits per heavy atom. The minimum absolute atomic E-state index is 0.0261. The van der Waals surface area contributed by atoms with Crippen LogP contribution in [0.2, 0.25) is 0 Å². The first-order valence-corrected chi connectivity index (χ1v) is 12.9. The molecule has 1 saturated carbocycles. The molecule has 0 aromatic heterocycles. The Kier molecular flexibility index (Phi) is 6.96. The lowest BCUT2D eigenvalue weighted by Gasteiger charge is -2.36. The van der Waals surface area contributed by atoms with Crippen LogP contribution < -0.4 is 10.2 Å². The molecule has 0 bridgehead atoms. The third-order valence-electron chi connectivity index (χ3n) is 7.59. The largest absolute Gasteiger partial charge is 0.508 e. The lowest BCUT2D eigenvalue weighted by atomic mass is 10.1. The van der Waals surface area contributed by atoms with E-state index in [1.807, 2.05) is 35.2 Å². The predicted molar refractivity (Wildman–Crippen MR) is 138 cm³/mol. The van der Waals surface area contributed by atoms with Crippen LogP contribution in [0.5, 0.6) is 5.75 Å². The molecular formula is C28H34N4O4. The molecule has 2 saturated heterocycles. The molecule has 2 aliphatic heterocycles. The molecule has 2 aromatic rings. The molecule has 0 radical (unpaired) electrons. The van der Waals surface area contributed by atoms with Crippen LogP contribution in [0.15, 0.2) is 42.5 Å². The average molecular weight is 491 g/mol. The Bertz CT molecular complexity index is 1140. The topological polar surface area (TPSA) is 93.2 Å². The van der Waals surface area contributed by atoms with Gasteiger partial charge in [0.2, 0.25) is 11.8 Å². The molecule has 3 fully saturated rings. The van der Waals surface area contributed by atoms with E-state index in [0.29, 0.717) is 43.4 Å². The van der Waals surface area contributed by atoms with Crippen molar-refractivity contribution in [3.8, 4) is 5.75 Å². The van der Waals surface area contributed by atoms with E-state index in [1.165, 1.54) is 0 Å². The zero-order valence-corrected chi connectivity index (χ0v) is 20.8. The number of carbonyl (C=O) groups excluding carboxylic acids is 3. The second kappa shape index (κ2) is 10.3. The highest BCUT2D eigenvalue weighted by atomic mass is 16.3. The molecule has 8 nitrogen and oxygen atoms in total. The maximum atomic E-state index is 12.9. The second-order valence-corrected chi connectivity index (χ2v) is 10.2. The maximum absolute atomic E-state index is 12.9. The lowest BCUT2D eigenvalue weighted by Crippen LogP contribution is -2.51. The van der Waals surface area contributed by atoms with Crippen molar-refractivity contribution >= 4 is 29.0 Å². The van der Waals surface area contributed by atoms with Crippen LogP contribution in [0.4, 0.5) is 11.4 Å². The van der Waals surface area contributed by atoms with Gasteiger partial charge in [-0.3, -0.25) is 19.3 Å². The molecule has 3 aliphatic rings. The van der Waals surface area contributed by atoms with E-state index < -0.39 is 0 Å². The number of Topliss-reactive ketones (excluding diaryl/α,β-unsaturated/α-hetero) is 1. The van der Waals surface area contributed by atoms with Crippen molar-refractivity contribution in [1.29, 1.82) is 0 Å². The average Bonchev–Trinajstić information content (AvgIpc) is 3.63. The Morgan fingerprint density at radius 2 is 1.67 bits per heavy atom. The van der Waals surface area contributed by atoms with Gasteiger partial charge in [-0.2, -0.15) is 0 Å². The van der Waals surface area contributed by atoms with Crippen molar-refractivity contribution in [3.63, 3.8) is 0 Å². The van der Waals surface area contributed by atoms with Crippen LogP contribution in [-0.4, -0.2) is 78.3 Å². The number of rotatable bonds is 7. The Hall–Kier alpha value is -3.39. The zero-order chi connectivity index (χ0) is 25.2. The molecular weight excluding hydrogens is 456 g/mol. The van der Waals surface area contributed by atoms with Crippen LogP contribution in [0, 0.1) is 5.92 Å². The summed E-state index contributed by atoms with van der Waals surface area (Å²) in [6.07, 6.45) is 2.90. The summed E-state index contributed by atoms with van der Waals surface area (Å²) >= 11 is 0. The fourth-order valence-corrected chi connectivity index (χ4v) is 5.20. The quantitative estimate of drug-likeness (QED) is 0.458. The number of nitrogens with zero attached hydrogens (tertiary/aromatic N) is 3. The fraction of sp³-hybridized carbons (Fsp3) is 0.464. The van der Waals surface area contributed by atoms with Crippen molar-refractivity contribution in [1.82, 2.24) is 9.80 Å². The number of piperazine rings is 1. The lowest BCUT2D eigenvalue weighted by molar-refractivity contribution is -0.132. The van der Waals surface area contributed by atoms with Crippen molar-refractivity contribution in [2.24, 2.45) is 5.92 Å². The van der Waals surface area contributed by atoms with Gasteiger partial charge in [-0.15, -0.1) is 0 Å². The summed E-state index contributed by atoms with van der Waals surface area (Å²) in [4.78, 5) is 43.5. The van der Waals surface area contributed by atoms with Gasteiger partial charge in [0.05, 0.1) is 12.5 Å². The van der Waals surface area contributed by atoms with Gasteiger partial charge in [0.25, 0.3) is 0 Å². The van der Waals surface area contributed by atoms with Gasteiger partial charge in [0, 0.05) is 49.7 Å². The number of hydrogen-bond acceptors (Lipinski definition) is 6. The molecule has 2 heterocycles. The maximum Gasteiger partial charge on any atom is 0.236 e. The summed E-state index contributed by atoms with van der Waals surface area (Å²) < 4.78 is 0. The SMILES string of the molecule is CC(=O)c1ccc(N2CCN(C(=O)CN3CC[C@@H](C(=O)Nc4ccc(O)c(C5CC5)c4)C3)CC2)cc1. The summed E-state index contributed by atoms with van der Waals surface area (Å²) in [5.41, 5.74) is 3.41. The minimum Gasteiger partial charge on any atom is -0.508 e. The Morgan fingerprint density at radius 1 is 0.944 bits per heavy atom. The van der Waals surface area contributed by atoms with Gasteiger partial charge in [0.1, 0.15) is 5.75 Å².